The number of methoxy groups -OCH3 is 1. The van der Waals surface area contributed by atoms with E-state index in [0.29, 0.717) is 43.5 Å². The van der Waals surface area contributed by atoms with E-state index >= 15 is 0 Å². The van der Waals surface area contributed by atoms with Gasteiger partial charge in [0.1, 0.15) is 19.0 Å². The number of anilines is 1. The SMILES string of the molecule is CCc1ccc(CN(CC2CNNC2c2ccc(OC)cc2)C(=O)Nc2ccc3c(c2)OCCO3)cc1. The molecule has 2 amide bonds. The molecule has 8 heteroatoms. The van der Waals surface area contributed by atoms with Crippen LogP contribution in [0.5, 0.6) is 17.2 Å². The molecular formula is C29H34N4O4. The Labute approximate surface area is 217 Å². The minimum Gasteiger partial charge on any atom is -0.497 e. The first kappa shape index (κ1) is 24.9. The number of hydrogen-bond acceptors (Lipinski definition) is 6. The van der Waals surface area contributed by atoms with E-state index in [-0.39, 0.29) is 18.0 Å². The number of ether oxygens (including phenoxy) is 3. The molecule has 3 N–H and O–H groups in total. The fraction of sp³-hybridized carbons (Fsp3) is 0.345. The van der Waals surface area contributed by atoms with Gasteiger partial charge < -0.3 is 24.4 Å². The number of amides is 2. The molecule has 3 aromatic rings. The average Bonchev–Trinajstić information content (AvgIpc) is 3.41. The number of nitrogens with one attached hydrogen (secondary N) is 3. The summed E-state index contributed by atoms with van der Waals surface area (Å²) in [5.41, 5.74) is 10.9. The molecule has 2 heterocycles. The Morgan fingerprint density at radius 2 is 1.73 bits per heavy atom. The van der Waals surface area contributed by atoms with Crippen molar-refractivity contribution >= 4 is 11.7 Å². The first-order valence-corrected chi connectivity index (χ1v) is 12.8. The Hall–Kier alpha value is -3.75. The first-order valence-electron chi connectivity index (χ1n) is 12.8. The fourth-order valence-corrected chi connectivity index (χ4v) is 4.80. The molecule has 194 valence electrons. The number of benzene rings is 3. The molecule has 0 aromatic heterocycles. The van der Waals surface area contributed by atoms with Crippen LogP contribution in [0, 0.1) is 5.92 Å². The van der Waals surface area contributed by atoms with Crippen molar-refractivity contribution < 1.29 is 19.0 Å². The second-order valence-corrected chi connectivity index (χ2v) is 9.38. The normalized spacial score (nSPS) is 18.3. The maximum absolute atomic E-state index is 13.6. The van der Waals surface area contributed by atoms with Crippen LogP contribution in [0.15, 0.2) is 66.7 Å². The molecule has 0 bridgehead atoms. The summed E-state index contributed by atoms with van der Waals surface area (Å²) in [4.78, 5) is 15.5. The molecule has 37 heavy (non-hydrogen) atoms. The summed E-state index contributed by atoms with van der Waals surface area (Å²) in [7, 11) is 1.67. The van der Waals surface area contributed by atoms with Crippen LogP contribution in [0.1, 0.15) is 29.7 Å². The number of aryl methyl sites for hydroxylation is 1. The van der Waals surface area contributed by atoms with Gasteiger partial charge >= 0.3 is 6.03 Å². The number of rotatable bonds is 8. The van der Waals surface area contributed by atoms with Crippen molar-refractivity contribution in [2.45, 2.75) is 25.9 Å². The third-order valence-electron chi connectivity index (χ3n) is 6.91. The van der Waals surface area contributed by atoms with Crippen molar-refractivity contribution in [2.24, 2.45) is 5.92 Å². The van der Waals surface area contributed by atoms with Crippen LogP contribution < -0.4 is 30.4 Å². The van der Waals surface area contributed by atoms with E-state index in [4.69, 9.17) is 14.2 Å². The van der Waals surface area contributed by atoms with Crippen LogP contribution in [0.25, 0.3) is 0 Å². The van der Waals surface area contributed by atoms with Crippen molar-refractivity contribution in [3.05, 3.63) is 83.4 Å². The quantitative estimate of drug-likeness (QED) is 0.420. The van der Waals surface area contributed by atoms with Gasteiger partial charge in [-0.25, -0.2) is 10.2 Å². The second kappa shape index (κ2) is 11.5. The summed E-state index contributed by atoms with van der Waals surface area (Å²) >= 11 is 0. The van der Waals surface area contributed by atoms with Crippen LogP contribution in [0.3, 0.4) is 0 Å². The molecule has 2 aliphatic heterocycles. The molecule has 0 radical (unpaired) electrons. The monoisotopic (exact) mass is 502 g/mol. The Morgan fingerprint density at radius 1 is 1.00 bits per heavy atom. The zero-order valence-electron chi connectivity index (χ0n) is 21.3. The van der Waals surface area contributed by atoms with Crippen LogP contribution >= 0.6 is 0 Å². The van der Waals surface area contributed by atoms with Crippen molar-refractivity contribution in [1.29, 1.82) is 0 Å². The first-order chi connectivity index (χ1) is 18.1. The van der Waals surface area contributed by atoms with E-state index in [9.17, 15) is 4.79 Å². The highest BCUT2D eigenvalue weighted by molar-refractivity contribution is 5.89. The van der Waals surface area contributed by atoms with Gasteiger partial charge in [-0.05, 0) is 47.4 Å². The summed E-state index contributed by atoms with van der Waals surface area (Å²) in [5.74, 6) is 2.34. The standard InChI is InChI=1S/C29H34N4O4/c1-3-20-4-6-21(7-5-20)18-33(29(34)31-24-10-13-26-27(16-24)37-15-14-36-26)19-23-17-30-32-28(23)22-8-11-25(35-2)12-9-22/h4-13,16,23,28,30,32H,3,14-15,17-19H2,1-2H3,(H,31,34). The van der Waals surface area contributed by atoms with Crippen molar-refractivity contribution in [1.82, 2.24) is 15.8 Å². The number of carbonyl (C=O) groups is 1. The van der Waals surface area contributed by atoms with Gasteiger partial charge in [-0.1, -0.05) is 43.3 Å². The third-order valence-corrected chi connectivity index (χ3v) is 6.91. The number of hydrogen-bond donors (Lipinski definition) is 3. The van der Waals surface area contributed by atoms with E-state index in [0.717, 1.165) is 29.8 Å². The van der Waals surface area contributed by atoms with Crippen LogP contribution in [-0.4, -0.2) is 44.3 Å². The molecule has 2 unspecified atom stereocenters. The van der Waals surface area contributed by atoms with E-state index < -0.39 is 0 Å². The van der Waals surface area contributed by atoms with Gasteiger partial charge in [0.25, 0.3) is 0 Å². The Kier molecular flexibility index (Phi) is 7.77. The maximum Gasteiger partial charge on any atom is 0.322 e. The zero-order chi connectivity index (χ0) is 25.6. The lowest BCUT2D eigenvalue weighted by molar-refractivity contribution is 0.171. The highest BCUT2D eigenvalue weighted by Crippen LogP contribution is 2.33. The Morgan fingerprint density at radius 3 is 2.46 bits per heavy atom. The van der Waals surface area contributed by atoms with E-state index in [2.05, 4.69) is 59.5 Å². The number of urea groups is 1. The summed E-state index contributed by atoms with van der Waals surface area (Å²) in [6, 6.07) is 22.0. The molecule has 0 spiro atoms. The third kappa shape index (κ3) is 5.98. The Balaban J connectivity index is 1.35. The zero-order valence-corrected chi connectivity index (χ0v) is 21.3. The van der Waals surface area contributed by atoms with Crippen LogP contribution in [0.2, 0.25) is 0 Å². The fourth-order valence-electron chi connectivity index (χ4n) is 4.80. The minimum atomic E-state index is -0.156. The summed E-state index contributed by atoms with van der Waals surface area (Å²) in [6.45, 7) is 5.00. The van der Waals surface area contributed by atoms with Crippen LogP contribution in [-0.2, 0) is 13.0 Å². The number of carbonyl (C=O) groups excluding carboxylic acids is 1. The molecule has 2 atom stereocenters. The number of fused-ring (bicyclic) bond motifs is 1. The van der Waals surface area contributed by atoms with Gasteiger partial charge in [-0.15, -0.1) is 0 Å². The smallest absolute Gasteiger partial charge is 0.322 e. The van der Waals surface area contributed by atoms with Gasteiger partial charge in [0, 0.05) is 37.3 Å². The predicted octanol–water partition coefficient (Wildman–Crippen LogP) is 4.53. The summed E-state index contributed by atoms with van der Waals surface area (Å²) in [6.07, 6.45) is 0.984. The average molecular weight is 503 g/mol. The highest BCUT2D eigenvalue weighted by Gasteiger charge is 2.31. The van der Waals surface area contributed by atoms with Gasteiger partial charge in [-0.2, -0.15) is 0 Å². The maximum atomic E-state index is 13.6. The number of nitrogens with zero attached hydrogens (tertiary/aromatic N) is 1. The molecule has 0 saturated carbocycles. The molecular weight excluding hydrogens is 468 g/mol. The Bertz CT molecular complexity index is 1200. The van der Waals surface area contributed by atoms with E-state index in [1.165, 1.54) is 5.56 Å². The van der Waals surface area contributed by atoms with Crippen molar-refractivity contribution in [3.8, 4) is 17.2 Å². The van der Waals surface area contributed by atoms with Gasteiger partial charge in [0.2, 0.25) is 0 Å². The predicted molar refractivity (Wildman–Crippen MR) is 143 cm³/mol. The topological polar surface area (TPSA) is 84.1 Å². The molecule has 0 aliphatic carbocycles. The second-order valence-electron chi connectivity index (χ2n) is 9.38. The van der Waals surface area contributed by atoms with Gasteiger partial charge in [0.05, 0.1) is 13.2 Å². The van der Waals surface area contributed by atoms with Crippen molar-refractivity contribution in [3.63, 3.8) is 0 Å². The molecule has 3 aromatic carbocycles. The lowest BCUT2D eigenvalue weighted by atomic mass is 9.94. The molecule has 5 rings (SSSR count). The molecule has 1 fully saturated rings. The van der Waals surface area contributed by atoms with Crippen molar-refractivity contribution in [2.75, 3.05) is 38.7 Å². The van der Waals surface area contributed by atoms with Gasteiger partial charge in [0.15, 0.2) is 11.5 Å². The molecule has 1 saturated heterocycles. The van der Waals surface area contributed by atoms with Gasteiger partial charge in [-0.3, -0.25) is 5.43 Å². The lowest BCUT2D eigenvalue weighted by Crippen LogP contribution is -2.39. The molecule has 8 nitrogen and oxygen atoms in total. The summed E-state index contributed by atoms with van der Waals surface area (Å²) < 4.78 is 16.6. The van der Waals surface area contributed by atoms with E-state index in [1.807, 2.05) is 35.2 Å². The van der Waals surface area contributed by atoms with Crippen LogP contribution in [0.4, 0.5) is 10.5 Å². The minimum absolute atomic E-state index is 0.0676. The largest absolute Gasteiger partial charge is 0.497 e. The van der Waals surface area contributed by atoms with E-state index in [1.54, 1.807) is 7.11 Å². The lowest BCUT2D eigenvalue weighted by Gasteiger charge is -2.29. The summed E-state index contributed by atoms with van der Waals surface area (Å²) in [5, 5.41) is 3.07. The number of hydrazine groups is 1. The molecule has 2 aliphatic rings. The highest BCUT2D eigenvalue weighted by atomic mass is 16.6.